The first-order valence-corrected chi connectivity index (χ1v) is 5.51. The van der Waals surface area contributed by atoms with Gasteiger partial charge in [-0.05, 0) is 37.6 Å². The number of aromatic nitrogens is 2. The van der Waals surface area contributed by atoms with E-state index in [1.54, 1.807) is 27.0 Å². The average molecular weight is 246 g/mol. The number of phenolic OH excluding ortho intramolecular Hbond substituents is 1. The van der Waals surface area contributed by atoms with Gasteiger partial charge in [0.2, 0.25) is 0 Å². The lowest BCUT2D eigenvalue weighted by Gasteiger charge is -2.11. The minimum absolute atomic E-state index is 0.105. The summed E-state index contributed by atoms with van der Waals surface area (Å²) in [6, 6.07) is 4.53. The summed E-state index contributed by atoms with van der Waals surface area (Å²) in [5.74, 6) is 0.105. The lowest BCUT2D eigenvalue weighted by atomic mass is 10.2. The number of aromatic hydroxyl groups is 1. The van der Waals surface area contributed by atoms with Gasteiger partial charge >= 0.3 is 5.69 Å². The van der Waals surface area contributed by atoms with Crippen molar-refractivity contribution in [2.24, 2.45) is 7.05 Å². The molecule has 0 amide bonds. The van der Waals surface area contributed by atoms with Crippen LogP contribution in [0.5, 0.6) is 5.75 Å². The molecule has 2 aromatic rings. The standard InChI is InChI=1S/C13H14N2O3/c1-8-6-10(16)4-5-11(8)15-12(17)9(2)7-14(3)13(15)18/h4-7,16H,1-3H3. The van der Waals surface area contributed by atoms with Crippen LogP contribution in [-0.2, 0) is 7.05 Å². The molecule has 0 fully saturated rings. The molecule has 5 heteroatoms. The molecule has 1 heterocycles. The third-order valence-electron chi connectivity index (χ3n) is 2.84. The molecule has 0 aliphatic heterocycles. The van der Waals surface area contributed by atoms with Gasteiger partial charge in [-0.15, -0.1) is 0 Å². The van der Waals surface area contributed by atoms with Crippen molar-refractivity contribution >= 4 is 0 Å². The highest BCUT2D eigenvalue weighted by Crippen LogP contribution is 2.17. The normalized spacial score (nSPS) is 10.6. The molecule has 0 aliphatic carbocycles. The van der Waals surface area contributed by atoms with Gasteiger partial charge < -0.3 is 9.67 Å². The second kappa shape index (κ2) is 4.18. The Morgan fingerprint density at radius 1 is 1.11 bits per heavy atom. The molecule has 0 unspecified atom stereocenters. The molecule has 0 atom stereocenters. The zero-order valence-corrected chi connectivity index (χ0v) is 10.5. The van der Waals surface area contributed by atoms with Gasteiger partial charge in [-0.3, -0.25) is 4.79 Å². The van der Waals surface area contributed by atoms with Crippen LogP contribution in [0.1, 0.15) is 11.1 Å². The Bertz CT molecular complexity index is 692. The molecular weight excluding hydrogens is 232 g/mol. The van der Waals surface area contributed by atoms with Crippen molar-refractivity contribution in [3.63, 3.8) is 0 Å². The van der Waals surface area contributed by atoms with Crippen LogP contribution in [0.15, 0.2) is 34.0 Å². The highest BCUT2D eigenvalue weighted by molar-refractivity contribution is 5.44. The van der Waals surface area contributed by atoms with Crippen molar-refractivity contribution in [1.29, 1.82) is 0 Å². The summed E-state index contributed by atoms with van der Waals surface area (Å²) in [5, 5.41) is 9.36. The number of nitrogens with zero attached hydrogens (tertiary/aromatic N) is 2. The van der Waals surface area contributed by atoms with E-state index in [0.29, 0.717) is 16.8 Å². The van der Waals surface area contributed by atoms with E-state index in [1.807, 2.05) is 0 Å². The lowest BCUT2D eigenvalue weighted by molar-refractivity contribution is 0.474. The molecule has 18 heavy (non-hydrogen) atoms. The minimum atomic E-state index is -0.403. The first kappa shape index (κ1) is 12.2. The number of phenols is 1. The predicted molar refractivity (Wildman–Crippen MR) is 68.4 cm³/mol. The van der Waals surface area contributed by atoms with E-state index in [-0.39, 0.29) is 11.3 Å². The highest BCUT2D eigenvalue weighted by Gasteiger charge is 2.11. The second-order valence-electron chi connectivity index (χ2n) is 4.32. The van der Waals surface area contributed by atoms with E-state index < -0.39 is 5.69 Å². The molecule has 0 spiro atoms. The van der Waals surface area contributed by atoms with Gasteiger partial charge in [0.25, 0.3) is 5.56 Å². The van der Waals surface area contributed by atoms with Crippen LogP contribution < -0.4 is 11.2 Å². The van der Waals surface area contributed by atoms with Crippen molar-refractivity contribution in [1.82, 2.24) is 9.13 Å². The maximum Gasteiger partial charge on any atom is 0.335 e. The van der Waals surface area contributed by atoms with Gasteiger partial charge in [-0.2, -0.15) is 0 Å². The molecule has 2 rings (SSSR count). The molecule has 0 saturated heterocycles. The van der Waals surface area contributed by atoms with E-state index in [1.165, 1.54) is 22.9 Å². The van der Waals surface area contributed by atoms with Gasteiger partial charge in [-0.25, -0.2) is 9.36 Å². The zero-order valence-electron chi connectivity index (χ0n) is 10.5. The lowest BCUT2D eigenvalue weighted by Crippen LogP contribution is -2.38. The summed E-state index contributed by atoms with van der Waals surface area (Å²) in [6.45, 7) is 3.40. The van der Waals surface area contributed by atoms with Crippen LogP contribution in [0.3, 0.4) is 0 Å². The van der Waals surface area contributed by atoms with Crippen molar-refractivity contribution in [3.8, 4) is 11.4 Å². The fourth-order valence-corrected chi connectivity index (χ4v) is 1.92. The summed E-state index contributed by atoms with van der Waals surface area (Å²) in [6.07, 6.45) is 1.51. The van der Waals surface area contributed by atoms with Gasteiger partial charge in [0, 0.05) is 18.8 Å². The Kier molecular flexibility index (Phi) is 2.82. The van der Waals surface area contributed by atoms with Crippen molar-refractivity contribution < 1.29 is 5.11 Å². The Balaban J connectivity index is 2.87. The number of benzene rings is 1. The van der Waals surface area contributed by atoms with Crippen LogP contribution >= 0.6 is 0 Å². The van der Waals surface area contributed by atoms with Crippen molar-refractivity contribution in [2.45, 2.75) is 13.8 Å². The Morgan fingerprint density at radius 3 is 2.39 bits per heavy atom. The van der Waals surface area contributed by atoms with Crippen LogP contribution in [0, 0.1) is 13.8 Å². The van der Waals surface area contributed by atoms with Crippen molar-refractivity contribution in [2.75, 3.05) is 0 Å². The third kappa shape index (κ3) is 1.84. The molecule has 1 aromatic carbocycles. The fraction of sp³-hybridized carbons (Fsp3) is 0.231. The SMILES string of the molecule is Cc1cc(O)ccc1-n1c(=O)c(C)cn(C)c1=O. The molecule has 0 aliphatic rings. The van der Waals surface area contributed by atoms with Crippen LogP contribution in [-0.4, -0.2) is 14.2 Å². The summed E-state index contributed by atoms with van der Waals surface area (Å²) >= 11 is 0. The Labute approximate surface area is 104 Å². The average Bonchev–Trinajstić information content (AvgIpc) is 2.29. The van der Waals surface area contributed by atoms with Crippen molar-refractivity contribution in [3.05, 3.63) is 56.4 Å². The molecule has 5 nitrogen and oxygen atoms in total. The van der Waals surface area contributed by atoms with Crippen LogP contribution in [0.4, 0.5) is 0 Å². The first-order valence-electron chi connectivity index (χ1n) is 5.51. The number of hydrogen-bond donors (Lipinski definition) is 1. The van der Waals surface area contributed by atoms with Gasteiger partial charge in [0.05, 0.1) is 5.69 Å². The minimum Gasteiger partial charge on any atom is -0.508 e. The van der Waals surface area contributed by atoms with Gasteiger partial charge in [0.1, 0.15) is 5.75 Å². The van der Waals surface area contributed by atoms with Crippen LogP contribution in [0.25, 0.3) is 5.69 Å². The van der Waals surface area contributed by atoms with E-state index in [0.717, 1.165) is 4.57 Å². The third-order valence-corrected chi connectivity index (χ3v) is 2.84. The van der Waals surface area contributed by atoms with Gasteiger partial charge in [-0.1, -0.05) is 0 Å². The van der Waals surface area contributed by atoms with Crippen LogP contribution in [0.2, 0.25) is 0 Å². The molecular formula is C13H14N2O3. The van der Waals surface area contributed by atoms with E-state index >= 15 is 0 Å². The monoisotopic (exact) mass is 246 g/mol. The van der Waals surface area contributed by atoms with E-state index in [9.17, 15) is 14.7 Å². The molecule has 94 valence electrons. The highest BCUT2D eigenvalue weighted by atomic mass is 16.3. The summed E-state index contributed by atoms with van der Waals surface area (Å²) in [5.41, 5.74) is 0.901. The Hall–Kier alpha value is -2.30. The predicted octanol–water partition coefficient (Wildman–Crippen LogP) is 0.859. The smallest absolute Gasteiger partial charge is 0.335 e. The second-order valence-corrected chi connectivity index (χ2v) is 4.32. The number of hydrogen-bond acceptors (Lipinski definition) is 3. The summed E-state index contributed by atoms with van der Waals surface area (Å²) in [7, 11) is 1.60. The Morgan fingerprint density at radius 2 is 1.78 bits per heavy atom. The van der Waals surface area contributed by atoms with E-state index in [2.05, 4.69) is 0 Å². The quantitative estimate of drug-likeness (QED) is 0.811. The number of rotatable bonds is 1. The maximum atomic E-state index is 12.1. The van der Waals surface area contributed by atoms with Gasteiger partial charge in [0.15, 0.2) is 0 Å². The summed E-state index contributed by atoms with van der Waals surface area (Å²) in [4.78, 5) is 24.1. The molecule has 1 N–H and O–H groups in total. The molecule has 0 bridgehead atoms. The number of aryl methyl sites for hydroxylation is 3. The van der Waals surface area contributed by atoms with E-state index in [4.69, 9.17) is 0 Å². The topological polar surface area (TPSA) is 64.2 Å². The fourth-order valence-electron chi connectivity index (χ4n) is 1.92. The zero-order chi connectivity index (χ0) is 13.4. The maximum absolute atomic E-state index is 12.1. The largest absolute Gasteiger partial charge is 0.508 e. The summed E-state index contributed by atoms with van der Waals surface area (Å²) < 4.78 is 2.48. The molecule has 0 saturated carbocycles. The molecule has 0 radical (unpaired) electrons. The molecule has 1 aromatic heterocycles. The first-order chi connectivity index (χ1) is 8.41.